The fourth-order valence-corrected chi connectivity index (χ4v) is 5.73. The van der Waals surface area contributed by atoms with E-state index < -0.39 is 12.1 Å². The summed E-state index contributed by atoms with van der Waals surface area (Å²) in [5, 5.41) is 0. The Kier molecular flexibility index (Phi) is 10.1. The van der Waals surface area contributed by atoms with Crippen LogP contribution in [-0.2, 0) is 14.3 Å². The maximum absolute atomic E-state index is 13.9. The number of morpholine rings is 1. The molecule has 16 heteroatoms. The van der Waals surface area contributed by atoms with Crippen LogP contribution in [0.4, 0.5) is 26.6 Å². The number of carbonyl (C=O) groups is 2. The average Bonchev–Trinajstić information content (AvgIpc) is 3.04. The Morgan fingerprint density at radius 2 is 1.64 bits per heavy atom. The van der Waals surface area contributed by atoms with Crippen molar-refractivity contribution in [3.05, 3.63) is 24.5 Å². The van der Waals surface area contributed by atoms with E-state index in [1.807, 2.05) is 31.5 Å². The molecule has 2 aromatic rings. The van der Waals surface area contributed by atoms with Crippen LogP contribution in [0.25, 0.3) is 11.4 Å². The van der Waals surface area contributed by atoms with E-state index >= 15 is 0 Å². The lowest BCUT2D eigenvalue weighted by Crippen LogP contribution is -2.52. The summed E-state index contributed by atoms with van der Waals surface area (Å²) >= 11 is 0. The zero-order valence-corrected chi connectivity index (χ0v) is 24.9. The van der Waals surface area contributed by atoms with Gasteiger partial charge in [-0.15, -0.1) is 0 Å². The van der Waals surface area contributed by atoms with E-state index in [2.05, 4.69) is 31.5 Å². The average molecular weight is 616 g/mol. The SMILES string of the molecule is C=CC(=O)N1CCC(CN(C)CC(=O)N2CCN(c3nc(-c4cnc(N)nc4C(F)F)nc(N4CCOCC4)n3)CC2)CC1. The lowest BCUT2D eigenvalue weighted by molar-refractivity contribution is -0.132. The number of halogens is 2. The van der Waals surface area contributed by atoms with E-state index in [1.165, 1.54) is 12.3 Å². The van der Waals surface area contributed by atoms with Gasteiger partial charge in [0.15, 0.2) is 5.82 Å². The number of nitrogens with two attached hydrogens (primary N) is 1. The molecule has 238 valence electrons. The van der Waals surface area contributed by atoms with Gasteiger partial charge >= 0.3 is 0 Å². The fraction of sp³-hybridized carbons (Fsp3) is 0.607. The highest BCUT2D eigenvalue weighted by molar-refractivity contribution is 5.87. The van der Waals surface area contributed by atoms with Crippen LogP contribution in [0.2, 0.25) is 0 Å². The second kappa shape index (κ2) is 14.2. The highest BCUT2D eigenvalue weighted by atomic mass is 19.3. The van der Waals surface area contributed by atoms with E-state index in [4.69, 9.17) is 10.5 Å². The van der Waals surface area contributed by atoms with E-state index in [9.17, 15) is 18.4 Å². The van der Waals surface area contributed by atoms with Crippen molar-refractivity contribution in [2.45, 2.75) is 19.3 Å². The molecule has 14 nitrogen and oxygen atoms in total. The van der Waals surface area contributed by atoms with Gasteiger partial charge in [-0.2, -0.15) is 15.0 Å². The maximum atomic E-state index is 13.9. The van der Waals surface area contributed by atoms with Gasteiger partial charge in [0.2, 0.25) is 29.7 Å². The lowest BCUT2D eigenvalue weighted by atomic mass is 9.96. The predicted molar refractivity (Wildman–Crippen MR) is 159 cm³/mol. The molecule has 3 aliphatic heterocycles. The summed E-state index contributed by atoms with van der Waals surface area (Å²) in [5.41, 5.74) is 5.03. The van der Waals surface area contributed by atoms with Crippen molar-refractivity contribution in [1.29, 1.82) is 0 Å². The number of amides is 2. The number of piperazine rings is 1. The zero-order chi connectivity index (χ0) is 31.2. The third kappa shape index (κ3) is 7.53. The number of piperidine rings is 1. The van der Waals surface area contributed by atoms with Gasteiger partial charge in [0, 0.05) is 65.1 Å². The van der Waals surface area contributed by atoms with Gasteiger partial charge in [0.1, 0.15) is 5.69 Å². The molecular formula is C28H39F2N11O3. The summed E-state index contributed by atoms with van der Waals surface area (Å²) in [4.78, 5) is 55.9. The monoisotopic (exact) mass is 615 g/mol. The number of nitrogens with zero attached hydrogens (tertiary/aromatic N) is 10. The van der Waals surface area contributed by atoms with Gasteiger partial charge < -0.3 is 30.1 Å². The largest absolute Gasteiger partial charge is 0.378 e. The summed E-state index contributed by atoms with van der Waals surface area (Å²) in [6.45, 7) is 10.0. The highest BCUT2D eigenvalue weighted by Crippen LogP contribution is 2.30. The van der Waals surface area contributed by atoms with Crippen LogP contribution < -0.4 is 15.5 Å². The first-order chi connectivity index (χ1) is 21.2. The number of hydrogen-bond acceptors (Lipinski definition) is 12. The molecule has 2 amide bonds. The summed E-state index contributed by atoms with van der Waals surface area (Å²) in [5.74, 6) is 0.889. The molecule has 5 heterocycles. The Hall–Kier alpha value is -4.05. The molecule has 3 fully saturated rings. The molecule has 0 radical (unpaired) electrons. The standard InChI is InChI=1S/C28H39F2N11O3/c1-3-21(42)38-6-4-19(5-7-38)17-37(2)18-22(43)39-8-10-40(11-9-39)27-34-25(20-16-32-26(31)33-23(20)24(29)30)35-28(36-27)41-12-14-44-15-13-41/h3,16,19,24H,1,4-15,17-18H2,2H3,(H2,31,32,33). The molecule has 0 aliphatic carbocycles. The summed E-state index contributed by atoms with van der Waals surface area (Å²) in [7, 11) is 1.95. The second-order valence-corrected chi connectivity index (χ2v) is 11.2. The number of hydrogen-bond donors (Lipinski definition) is 1. The molecule has 3 saturated heterocycles. The molecule has 2 aromatic heterocycles. The van der Waals surface area contributed by atoms with Gasteiger partial charge in [-0.25, -0.2) is 18.7 Å². The van der Waals surface area contributed by atoms with E-state index in [1.54, 1.807) is 0 Å². The molecule has 0 unspecified atom stereocenters. The Labute approximate surface area is 254 Å². The number of anilines is 3. The second-order valence-electron chi connectivity index (χ2n) is 11.2. The number of carbonyl (C=O) groups excluding carboxylic acids is 2. The van der Waals surface area contributed by atoms with Crippen molar-refractivity contribution in [3.8, 4) is 11.4 Å². The number of likely N-dealkylation sites (tertiary alicyclic amines) is 1. The maximum Gasteiger partial charge on any atom is 0.281 e. The number of ether oxygens (including phenoxy) is 1. The molecule has 0 bridgehead atoms. The lowest BCUT2D eigenvalue weighted by Gasteiger charge is -2.37. The van der Waals surface area contributed by atoms with Gasteiger partial charge in [-0.1, -0.05) is 6.58 Å². The number of nitrogen functional groups attached to an aromatic ring is 1. The van der Waals surface area contributed by atoms with Crippen LogP contribution in [0, 0.1) is 5.92 Å². The first-order valence-corrected chi connectivity index (χ1v) is 14.8. The quantitative estimate of drug-likeness (QED) is 0.396. The topological polar surface area (TPSA) is 150 Å². The number of alkyl halides is 2. The minimum atomic E-state index is -2.90. The van der Waals surface area contributed by atoms with Crippen LogP contribution in [0.1, 0.15) is 25.0 Å². The van der Waals surface area contributed by atoms with Gasteiger partial charge in [-0.3, -0.25) is 14.5 Å². The van der Waals surface area contributed by atoms with Crippen LogP contribution in [0.15, 0.2) is 18.9 Å². The van der Waals surface area contributed by atoms with Gasteiger partial charge in [0.25, 0.3) is 6.43 Å². The summed E-state index contributed by atoms with van der Waals surface area (Å²) in [6.07, 6.45) is 1.47. The molecule has 2 N–H and O–H groups in total. The Balaban J connectivity index is 1.23. The van der Waals surface area contributed by atoms with Crippen molar-refractivity contribution < 1.29 is 23.1 Å². The van der Waals surface area contributed by atoms with Crippen LogP contribution in [0.3, 0.4) is 0 Å². The minimum absolute atomic E-state index is 0.0119. The van der Waals surface area contributed by atoms with Crippen molar-refractivity contribution in [3.63, 3.8) is 0 Å². The van der Waals surface area contributed by atoms with Crippen molar-refractivity contribution in [2.75, 3.05) is 101 Å². The first kappa shape index (κ1) is 31.4. The molecule has 44 heavy (non-hydrogen) atoms. The van der Waals surface area contributed by atoms with Crippen molar-refractivity contribution in [1.82, 2.24) is 39.6 Å². The van der Waals surface area contributed by atoms with Crippen LogP contribution >= 0.6 is 0 Å². The van der Waals surface area contributed by atoms with Crippen molar-refractivity contribution in [2.24, 2.45) is 5.92 Å². The van der Waals surface area contributed by atoms with E-state index in [0.29, 0.717) is 89.9 Å². The predicted octanol–water partition coefficient (Wildman–Crippen LogP) is 0.690. The molecule has 0 aromatic carbocycles. The van der Waals surface area contributed by atoms with Gasteiger partial charge in [-0.05, 0) is 31.9 Å². The first-order valence-electron chi connectivity index (χ1n) is 14.8. The Bertz CT molecular complexity index is 1330. The van der Waals surface area contributed by atoms with Crippen LogP contribution in [-0.4, -0.2) is 137 Å². The number of rotatable bonds is 9. The van der Waals surface area contributed by atoms with Crippen LogP contribution in [0.5, 0.6) is 0 Å². The number of aromatic nitrogens is 5. The molecule has 0 atom stereocenters. The summed E-state index contributed by atoms with van der Waals surface area (Å²) < 4.78 is 33.2. The summed E-state index contributed by atoms with van der Waals surface area (Å²) in [6, 6.07) is 0. The molecule has 0 saturated carbocycles. The third-order valence-corrected chi connectivity index (χ3v) is 8.18. The third-order valence-electron chi connectivity index (χ3n) is 8.18. The smallest absolute Gasteiger partial charge is 0.281 e. The fourth-order valence-electron chi connectivity index (χ4n) is 5.73. The zero-order valence-electron chi connectivity index (χ0n) is 24.9. The highest BCUT2D eigenvalue weighted by Gasteiger charge is 2.28. The minimum Gasteiger partial charge on any atom is -0.378 e. The van der Waals surface area contributed by atoms with Crippen molar-refractivity contribution >= 4 is 29.7 Å². The Morgan fingerprint density at radius 3 is 2.25 bits per heavy atom. The van der Waals surface area contributed by atoms with E-state index in [0.717, 1.165) is 19.4 Å². The van der Waals surface area contributed by atoms with E-state index in [-0.39, 0.29) is 29.2 Å². The molecular weight excluding hydrogens is 576 g/mol. The Morgan fingerprint density at radius 1 is 1.00 bits per heavy atom. The normalized spacial score (nSPS) is 18.3. The van der Waals surface area contributed by atoms with Gasteiger partial charge in [0.05, 0.1) is 25.3 Å². The number of likely N-dealkylation sites (N-methyl/N-ethyl adjacent to an activating group) is 1. The molecule has 0 spiro atoms. The molecule has 3 aliphatic rings. The molecule has 5 rings (SSSR count).